The fourth-order valence-electron chi connectivity index (χ4n) is 4.18. The zero-order valence-electron chi connectivity index (χ0n) is 17.5. The summed E-state index contributed by atoms with van der Waals surface area (Å²) in [6.45, 7) is 2.34. The first-order chi connectivity index (χ1) is 14.6. The van der Waals surface area contributed by atoms with Crippen LogP contribution in [0.25, 0.3) is 22.2 Å². The molecular formula is C22H25ClN4O3S. The Labute approximate surface area is 186 Å². The van der Waals surface area contributed by atoms with Crippen molar-refractivity contribution in [2.24, 2.45) is 11.7 Å². The van der Waals surface area contributed by atoms with Crippen molar-refractivity contribution in [3.63, 3.8) is 0 Å². The lowest BCUT2D eigenvalue weighted by Crippen LogP contribution is -2.31. The molecule has 0 amide bonds. The second-order valence-corrected chi connectivity index (χ2v) is 10.8. The highest BCUT2D eigenvalue weighted by Gasteiger charge is 2.22. The van der Waals surface area contributed by atoms with E-state index < -0.39 is 9.84 Å². The van der Waals surface area contributed by atoms with Crippen LogP contribution in [0.5, 0.6) is 0 Å². The summed E-state index contributed by atoms with van der Waals surface area (Å²) < 4.78 is 25.4. The minimum atomic E-state index is -3.40. The van der Waals surface area contributed by atoms with Crippen molar-refractivity contribution in [1.82, 2.24) is 14.5 Å². The molecule has 7 nitrogen and oxygen atoms in total. The van der Waals surface area contributed by atoms with Crippen LogP contribution in [0.3, 0.4) is 0 Å². The summed E-state index contributed by atoms with van der Waals surface area (Å²) >= 11 is 6.42. The molecule has 1 aliphatic carbocycles. The van der Waals surface area contributed by atoms with Gasteiger partial charge < -0.3 is 5.73 Å². The molecule has 2 N–H and O–H groups in total. The predicted molar refractivity (Wildman–Crippen MR) is 122 cm³/mol. The van der Waals surface area contributed by atoms with E-state index in [0.29, 0.717) is 35.1 Å². The second-order valence-electron chi connectivity index (χ2n) is 8.36. The molecule has 2 aromatic heterocycles. The first-order valence-electron chi connectivity index (χ1n) is 10.3. The van der Waals surface area contributed by atoms with E-state index in [2.05, 4.69) is 9.97 Å². The molecule has 0 saturated heterocycles. The van der Waals surface area contributed by atoms with Crippen LogP contribution in [0, 0.1) is 12.8 Å². The number of hydrogen-bond acceptors (Lipinski definition) is 6. The first-order valence-corrected chi connectivity index (χ1v) is 12.5. The fourth-order valence-corrected chi connectivity index (χ4v) is 5.17. The molecule has 0 spiro atoms. The summed E-state index contributed by atoms with van der Waals surface area (Å²) in [6.07, 6.45) is 6.65. The lowest BCUT2D eigenvalue weighted by molar-refractivity contribution is 0.295. The van der Waals surface area contributed by atoms with Crippen LogP contribution in [0.4, 0.5) is 0 Å². The van der Waals surface area contributed by atoms with Crippen LogP contribution in [0.1, 0.15) is 31.5 Å². The van der Waals surface area contributed by atoms with E-state index in [4.69, 9.17) is 17.3 Å². The van der Waals surface area contributed by atoms with Gasteiger partial charge in [0.05, 0.1) is 4.90 Å². The van der Waals surface area contributed by atoms with Gasteiger partial charge in [-0.05, 0) is 56.7 Å². The Kier molecular flexibility index (Phi) is 5.89. The number of nitrogens with two attached hydrogens (primary N) is 1. The van der Waals surface area contributed by atoms with Gasteiger partial charge in [0.1, 0.15) is 11.5 Å². The van der Waals surface area contributed by atoms with Gasteiger partial charge in [-0.15, -0.1) is 0 Å². The highest BCUT2D eigenvalue weighted by molar-refractivity contribution is 7.90. The highest BCUT2D eigenvalue weighted by atomic mass is 35.5. The molecule has 0 radical (unpaired) electrons. The summed E-state index contributed by atoms with van der Waals surface area (Å²) in [5.41, 5.74) is 7.33. The van der Waals surface area contributed by atoms with E-state index in [1.807, 2.05) is 0 Å². The van der Waals surface area contributed by atoms with Crippen LogP contribution in [-0.2, 0) is 16.4 Å². The van der Waals surface area contributed by atoms with Gasteiger partial charge in [-0.1, -0.05) is 17.7 Å². The van der Waals surface area contributed by atoms with Crippen molar-refractivity contribution in [3.8, 4) is 11.1 Å². The van der Waals surface area contributed by atoms with Gasteiger partial charge in [0.2, 0.25) is 0 Å². The van der Waals surface area contributed by atoms with Gasteiger partial charge in [-0.3, -0.25) is 9.36 Å². The minimum Gasteiger partial charge on any atom is -0.328 e. The number of nitrogens with zero attached hydrogens (tertiary/aromatic N) is 3. The average molecular weight is 461 g/mol. The standard InChI is InChI=1S/C22H25ClN4O3S/c1-13-25-11-15-9-19(18-8-7-17(10-20(18)23)31(2,29)30)22(28)27(21(15)26-13)12-14-3-5-16(24)6-4-14/h7-11,14,16H,3-6,12,24H2,1-2H3/t14-,16-. The van der Waals surface area contributed by atoms with E-state index in [0.717, 1.165) is 37.3 Å². The summed E-state index contributed by atoms with van der Waals surface area (Å²) in [5, 5.41) is 0.943. The predicted octanol–water partition coefficient (Wildman–Crippen LogP) is 3.34. The molecule has 0 bridgehead atoms. The highest BCUT2D eigenvalue weighted by Crippen LogP contribution is 2.31. The monoisotopic (exact) mass is 460 g/mol. The number of aromatic nitrogens is 3. The molecule has 0 atom stereocenters. The molecular weight excluding hydrogens is 436 g/mol. The molecule has 0 unspecified atom stereocenters. The number of aryl methyl sites for hydroxylation is 1. The summed E-state index contributed by atoms with van der Waals surface area (Å²) in [5.74, 6) is 0.934. The number of sulfone groups is 1. The largest absolute Gasteiger partial charge is 0.328 e. The molecule has 3 aromatic rings. The van der Waals surface area contributed by atoms with Crippen molar-refractivity contribution in [1.29, 1.82) is 0 Å². The normalized spacial score (nSPS) is 19.6. The van der Waals surface area contributed by atoms with Gasteiger partial charge in [-0.2, -0.15) is 0 Å². The zero-order chi connectivity index (χ0) is 22.3. The summed E-state index contributed by atoms with van der Waals surface area (Å²) in [4.78, 5) is 22.5. The number of halogens is 1. The maximum absolute atomic E-state index is 13.6. The Bertz CT molecular complexity index is 1310. The van der Waals surface area contributed by atoms with Gasteiger partial charge in [0.15, 0.2) is 9.84 Å². The fraction of sp³-hybridized carbons (Fsp3) is 0.409. The average Bonchev–Trinajstić information content (AvgIpc) is 2.71. The summed E-state index contributed by atoms with van der Waals surface area (Å²) in [6, 6.07) is 6.40. The molecule has 9 heteroatoms. The molecule has 4 rings (SSSR count). The molecule has 164 valence electrons. The van der Waals surface area contributed by atoms with Crippen molar-refractivity contribution < 1.29 is 8.42 Å². The van der Waals surface area contributed by atoms with E-state index >= 15 is 0 Å². The number of fused-ring (bicyclic) bond motifs is 1. The van der Waals surface area contributed by atoms with Gasteiger partial charge in [-0.25, -0.2) is 18.4 Å². The smallest absolute Gasteiger partial charge is 0.260 e. The number of rotatable bonds is 4. The van der Waals surface area contributed by atoms with Crippen LogP contribution in [0.2, 0.25) is 5.02 Å². The van der Waals surface area contributed by atoms with E-state index in [1.165, 1.54) is 12.1 Å². The quantitative estimate of drug-likeness (QED) is 0.639. The lowest BCUT2D eigenvalue weighted by atomic mass is 9.86. The third-order valence-corrected chi connectivity index (χ3v) is 7.36. The SMILES string of the molecule is Cc1ncc2cc(-c3ccc(S(C)(=O)=O)cc3Cl)c(=O)n(C[C@H]3CC[C@H](N)CC3)c2n1. The van der Waals surface area contributed by atoms with Crippen LogP contribution < -0.4 is 11.3 Å². The molecule has 2 heterocycles. The Balaban J connectivity index is 1.87. The first kappa shape index (κ1) is 21.9. The van der Waals surface area contributed by atoms with Gasteiger partial charge in [0.25, 0.3) is 5.56 Å². The number of pyridine rings is 1. The number of hydrogen-bond donors (Lipinski definition) is 1. The number of benzene rings is 1. The van der Waals surface area contributed by atoms with E-state index in [9.17, 15) is 13.2 Å². The molecule has 1 saturated carbocycles. The van der Waals surface area contributed by atoms with Crippen molar-refractivity contribution in [3.05, 3.63) is 51.7 Å². The van der Waals surface area contributed by atoms with Crippen LogP contribution >= 0.6 is 11.6 Å². The van der Waals surface area contributed by atoms with Gasteiger partial charge in [0, 0.05) is 46.6 Å². The maximum atomic E-state index is 13.6. The van der Waals surface area contributed by atoms with E-state index in [-0.39, 0.29) is 21.5 Å². The molecule has 1 aromatic carbocycles. The third kappa shape index (κ3) is 4.51. The molecule has 1 aliphatic rings. The van der Waals surface area contributed by atoms with Crippen molar-refractivity contribution >= 4 is 32.5 Å². The van der Waals surface area contributed by atoms with Gasteiger partial charge >= 0.3 is 0 Å². The van der Waals surface area contributed by atoms with Crippen LogP contribution in [0.15, 0.2) is 40.2 Å². The minimum absolute atomic E-state index is 0.111. The zero-order valence-corrected chi connectivity index (χ0v) is 19.1. The Morgan fingerprint density at radius 1 is 1.16 bits per heavy atom. The topological polar surface area (TPSA) is 108 Å². The summed E-state index contributed by atoms with van der Waals surface area (Å²) in [7, 11) is -3.40. The Morgan fingerprint density at radius 2 is 1.87 bits per heavy atom. The van der Waals surface area contributed by atoms with E-state index in [1.54, 1.807) is 29.8 Å². The molecule has 0 aliphatic heterocycles. The lowest BCUT2D eigenvalue weighted by Gasteiger charge is -2.27. The van der Waals surface area contributed by atoms with Crippen LogP contribution in [-0.4, -0.2) is 35.3 Å². The maximum Gasteiger partial charge on any atom is 0.260 e. The molecule has 1 fully saturated rings. The Hall–Kier alpha value is -2.29. The van der Waals surface area contributed by atoms with Crippen molar-refractivity contribution in [2.45, 2.75) is 50.1 Å². The Morgan fingerprint density at radius 3 is 2.52 bits per heavy atom. The second kappa shape index (κ2) is 8.33. The van der Waals surface area contributed by atoms with Crippen molar-refractivity contribution in [2.75, 3.05) is 6.26 Å². The molecule has 31 heavy (non-hydrogen) atoms. The third-order valence-electron chi connectivity index (χ3n) is 5.94.